The van der Waals surface area contributed by atoms with Gasteiger partial charge in [-0.2, -0.15) is 0 Å². The minimum Gasteiger partial charge on any atom is -0.465 e. The van der Waals surface area contributed by atoms with Crippen molar-refractivity contribution in [1.29, 1.82) is 0 Å². The third-order valence-electron chi connectivity index (χ3n) is 7.50. The molecule has 0 aromatic heterocycles. The van der Waals surface area contributed by atoms with E-state index in [4.69, 9.17) is 4.74 Å². The molecule has 1 heterocycles. The van der Waals surface area contributed by atoms with Gasteiger partial charge in [0.05, 0.1) is 22.3 Å². The maximum absolute atomic E-state index is 13.4. The van der Waals surface area contributed by atoms with E-state index >= 15 is 0 Å². The summed E-state index contributed by atoms with van der Waals surface area (Å²) in [7, 11) is 0. The molecule has 0 amide bonds. The summed E-state index contributed by atoms with van der Waals surface area (Å²) >= 11 is 3.61. The standard InChI is InChI=1S/C20H25BrO4/c1-3-4-7-19-13(6-9-25-18(19)24)15(21)17(23)20-8-5-12(10-14(19)20)11(2)16(20)22/h12-15H,2-10H2,1H3/t12-,13?,14?,15-,19?,20-/m0/s1. The van der Waals surface area contributed by atoms with Crippen molar-refractivity contribution in [3.05, 3.63) is 12.2 Å². The van der Waals surface area contributed by atoms with Gasteiger partial charge in [-0.3, -0.25) is 14.4 Å². The van der Waals surface area contributed by atoms with Crippen molar-refractivity contribution in [2.45, 2.75) is 56.7 Å². The Kier molecular flexibility index (Phi) is 4.02. The Morgan fingerprint density at radius 2 is 2.04 bits per heavy atom. The molecule has 5 fully saturated rings. The number of hydrogen-bond donors (Lipinski definition) is 0. The van der Waals surface area contributed by atoms with Crippen molar-refractivity contribution in [1.82, 2.24) is 0 Å². The monoisotopic (exact) mass is 408 g/mol. The number of ether oxygens (including phenoxy) is 1. The molecule has 136 valence electrons. The number of Topliss-reactive ketones (excluding diaryl/α,β-unsaturated/α-hetero) is 2. The van der Waals surface area contributed by atoms with Crippen LogP contribution in [-0.4, -0.2) is 29.0 Å². The van der Waals surface area contributed by atoms with Crippen molar-refractivity contribution in [3.63, 3.8) is 0 Å². The van der Waals surface area contributed by atoms with Gasteiger partial charge in [-0.1, -0.05) is 42.3 Å². The lowest BCUT2D eigenvalue weighted by Crippen LogP contribution is -2.71. The van der Waals surface area contributed by atoms with E-state index in [0.29, 0.717) is 31.4 Å². The van der Waals surface area contributed by atoms with E-state index < -0.39 is 15.7 Å². The number of esters is 1. The van der Waals surface area contributed by atoms with Crippen LogP contribution in [0.1, 0.15) is 51.9 Å². The van der Waals surface area contributed by atoms with Crippen LogP contribution in [0.2, 0.25) is 0 Å². The second kappa shape index (κ2) is 5.77. The van der Waals surface area contributed by atoms with Gasteiger partial charge in [-0.25, -0.2) is 0 Å². The molecule has 0 aromatic rings. The molecular formula is C20H25BrO4. The summed E-state index contributed by atoms with van der Waals surface area (Å²) in [6.45, 7) is 6.48. The van der Waals surface area contributed by atoms with Crippen LogP contribution in [0.15, 0.2) is 12.2 Å². The first-order chi connectivity index (χ1) is 11.9. The van der Waals surface area contributed by atoms with Crippen LogP contribution in [0, 0.1) is 28.6 Å². The average Bonchev–Trinajstić information content (AvgIpc) is 2.62. The molecule has 5 rings (SSSR count). The fourth-order valence-corrected chi connectivity index (χ4v) is 7.43. The number of cyclic esters (lactones) is 1. The van der Waals surface area contributed by atoms with Gasteiger partial charge < -0.3 is 4.74 Å². The minimum atomic E-state index is -1.05. The van der Waals surface area contributed by atoms with Crippen LogP contribution in [0.5, 0.6) is 0 Å². The molecule has 4 nitrogen and oxygen atoms in total. The van der Waals surface area contributed by atoms with Gasteiger partial charge in [0.2, 0.25) is 0 Å². The minimum absolute atomic E-state index is 0.00590. The molecule has 1 spiro atoms. The topological polar surface area (TPSA) is 60.4 Å². The Balaban J connectivity index is 1.91. The summed E-state index contributed by atoms with van der Waals surface area (Å²) in [6, 6.07) is 0. The highest BCUT2D eigenvalue weighted by atomic mass is 79.9. The third-order valence-corrected chi connectivity index (χ3v) is 8.56. The van der Waals surface area contributed by atoms with Crippen LogP contribution in [0.3, 0.4) is 0 Å². The Hall–Kier alpha value is -0.970. The van der Waals surface area contributed by atoms with E-state index in [1.54, 1.807) is 0 Å². The van der Waals surface area contributed by atoms with Crippen LogP contribution in [0.25, 0.3) is 0 Å². The Morgan fingerprint density at radius 1 is 1.28 bits per heavy atom. The van der Waals surface area contributed by atoms with E-state index in [9.17, 15) is 14.4 Å². The van der Waals surface area contributed by atoms with Crippen LogP contribution >= 0.6 is 15.9 Å². The fraction of sp³-hybridized carbons (Fsp3) is 0.750. The molecule has 25 heavy (non-hydrogen) atoms. The van der Waals surface area contributed by atoms with Gasteiger partial charge in [-0.15, -0.1) is 0 Å². The number of fused-ring (bicyclic) bond motifs is 3. The maximum Gasteiger partial charge on any atom is 0.312 e. The van der Waals surface area contributed by atoms with Gasteiger partial charge in [0, 0.05) is 0 Å². The highest BCUT2D eigenvalue weighted by molar-refractivity contribution is 9.10. The molecule has 1 saturated heterocycles. The third kappa shape index (κ3) is 1.96. The van der Waals surface area contributed by atoms with Crippen LogP contribution in [-0.2, 0) is 19.1 Å². The average molecular weight is 409 g/mol. The molecule has 0 aromatic carbocycles. The summed E-state index contributed by atoms with van der Waals surface area (Å²) < 4.78 is 5.54. The highest BCUT2D eigenvalue weighted by Crippen LogP contribution is 2.68. The molecule has 6 atom stereocenters. The second-order valence-electron chi connectivity index (χ2n) is 8.29. The van der Waals surface area contributed by atoms with Crippen LogP contribution < -0.4 is 0 Å². The number of allylic oxidation sites excluding steroid dienone is 1. The summed E-state index contributed by atoms with van der Waals surface area (Å²) in [4.78, 5) is 39.3. The zero-order valence-corrected chi connectivity index (χ0v) is 16.3. The molecule has 4 saturated carbocycles. The summed E-state index contributed by atoms with van der Waals surface area (Å²) in [5.41, 5.74) is -1.16. The predicted octanol–water partition coefficient (Wildman–Crippen LogP) is 3.61. The molecule has 4 aliphatic carbocycles. The summed E-state index contributed by atoms with van der Waals surface area (Å²) in [6.07, 6.45) is 5.42. The lowest BCUT2D eigenvalue weighted by Gasteiger charge is -2.63. The lowest BCUT2D eigenvalue weighted by atomic mass is 9.39. The molecule has 0 radical (unpaired) electrons. The molecule has 5 heteroatoms. The molecule has 2 bridgehead atoms. The second-order valence-corrected chi connectivity index (χ2v) is 9.28. The largest absolute Gasteiger partial charge is 0.465 e. The van der Waals surface area contributed by atoms with E-state index in [0.717, 1.165) is 25.7 Å². The number of hydrogen-bond acceptors (Lipinski definition) is 4. The maximum atomic E-state index is 13.4. The van der Waals surface area contributed by atoms with Gasteiger partial charge in [-0.05, 0) is 55.4 Å². The smallest absolute Gasteiger partial charge is 0.312 e. The number of carbonyl (C=O) groups is 3. The number of unbranched alkanes of at least 4 members (excludes halogenated alkanes) is 1. The predicted molar refractivity (Wildman–Crippen MR) is 96.2 cm³/mol. The van der Waals surface area contributed by atoms with E-state index in [1.807, 2.05) is 0 Å². The lowest BCUT2D eigenvalue weighted by molar-refractivity contribution is -0.199. The first-order valence-electron chi connectivity index (χ1n) is 9.50. The Morgan fingerprint density at radius 3 is 2.76 bits per heavy atom. The van der Waals surface area contributed by atoms with Gasteiger partial charge >= 0.3 is 5.97 Å². The van der Waals surface area contributed by atoms with Crippen molar-refractivity contribution in [2.24, 2.45) is 28.6 Å². The normalized spacial score (nSPS) is 45.8. The first-order valence-corrected chi connectivity index (χ1v) is 10.4. The molecule has 3 unspecified atom stereocenters. The van der Waals surface area contributed by atoms with Gasteiger partial charge in [0.25, 0.3) is 0 Å². The quantitative estimate of drug-likeness (QED) is 0.309. The number of alkyl halides is 1. The van der Waals surface area contributed by atoms with Crippen LogP contribution in [0.4, 0.5) is 0 Å². The SMILES string of the molecule is C=C1C(=O)[C@]23CC[C@H]1CC2C1(CCCC)C(=O)OCCC1[C@H](Br)C3=O. The fourth-order valence-electron chi connectivity index (χ4n) is 6.29. The molecular weight excluding hydrogens is 384 g/mol. The number of halogens is 1. The molecule has 1 aliphatic heterocycles. The van der Waals surface area contributed by atoms with E-state index in [2.05, 4.69) is 29.4 Å². The highest BCUT2D eigenvalue weighted by Gasteiger charge is 2.74. The molecule has 0 N–H and O–H groups in total. The number of ketones is 2. The Bertz CT molecular complexity index is 671. The van der Waals surface area contributed by atoms with Gasteiger partial charge in [0.15, 0.2) is 11.6 Å². The number of rotatable bonds is 3. The summed E-state index contributed by atoms with van der Waals surface area (Å²) in [5, 5.41) is 0. The van der Waals surface area contributed by atoms with E-state index in [1.165, 1.54) is 0 Å². The Labute approximate surface area is 156 Å². The zero-order valence-electron chi connectivity index (χ0n) is 14.7. The summed E-state index contributed by atoms with van der Waals surface area (Å²) in [5.74, 6) is -0.445. The van der Waals surface area contributed by atoms with Crippen molar-refractivity contribution in [3.8, 4) is 0 Å². The first kappa shape index (κ1) is 17.4. The number of carbonyl (C=O) groups excluding carboxylic acids is 3. The van der Waals surface area contributed by atoms with Crippen molar-refractivity contribution < 1.29 is 19.1 Å². The van der Waals surface area contributed by atoms with E-state index in [-0.39, 0.29) is 35.3 Å². The van der Waals surface area contributed by atoms with Crippen molar-refractivity contribution in [2.75, 3.05) is 6.61 Å². The molecule has 5 aliphatic rings. The van der Waals surface area contributed by atoms with Crippen molar-refractivity contribution >= 4 is 33.5 Å². The zero-order chi connectivity index (χ0) is 18.0. The van der Waals surface area contributed by atoms with Gasteiger partial charge in [0.1, 0.15) is 0 Å².